The van der Waals surface area contributed by atoms with Crippen LogP contribution < -0.4 is 10.1 Å². The molecular weight excluding hydrogens is 350 g/mol. The van der Waals surface area contributed by atoms with E-state index < -0.39 is 6.10 Å². The number of methoxy groups -OCH3 is 1. The largest absolute Gasteiger partial charge is 0.487 e. The molecule has 1 saturated heterocycles. The Morgan fingerprint density at radius 2 is 2.11 bits per heavy atom. The van der Waals surface area contributed by atoms with E-state index in [-0.39, 0.29) is 43.0 Å². The van der Waals surface area contributed by atoms with Crippen LogP contribution in [0, 0.1) is 5.92 Å². The molecule has 2 fully saturated rings. The summed E-state index contributed by atoms with van der Waals surface area (Å²) in [5, 5.41) is 12.7. The number of aliphatic hydroxyl groups excluding tert-OH is 1. The monoisotopic (exact) mass is 375 g/mol. The Morgan fingerprint density at radius 3 is 2.81 bits per heavy atom. The molecular formula is C20H25NO6. The minimum atomic E-state index is -0.501. The first kappa shape index (κ1) is 18.3. The molecule has 27 heavy (non-hydrogen) atoms. The summed E-state index contributed by atoms with van der Waals surface area (Å²) in [6.45, 7) is -0.183. The molecule has 2 N–H and O–H groups in total. The standard InChI is InChI=1S/C20H25NO6/c1-25-19(24)9-13-8-15-14-7-12(21-18(23)6-11-2-3-11)4-5-16(14)27-20(15)17(10-22)26-13/h4-5,7,11,13,15,17,20,22H,2-3,6,8-10H2,1H3,(H,21,23)/t13-,15+,17+,20-/m0/s1. The van der Waals surface area contributed by atoms with Gasteiger partial charge >= 0.3 is 5.97 Å². The van der Waals surface area contributed by atoms with E-state index in [9.17, 15) is 14.7 Å². The highest BCUT2D eigenvalue weighted by atomic mass is 16.6. The van der Waals surface area contributed by atoms with E-state index in [2.05, 4.69) is 5.32 Å². The highest BCUT2D eigenvalue weighted by Gasteiger charge is 2.46. The van der Waals surface area contributed by atoms with Gasteiger partial charge in [-0.15, -0.1) is 0 Å². The number of hydrogen-bond acceptors (Lipinski definition) is 6. The summed E-state index contributed by atoms with van der Waals surface area (Å²) in [4.78, 5) is 23.7. The zero-order valence-corrected chi connectivity index (χ0v) is 15.3. The minimum absolute atomic E-state index is 0.000778. The van der Waals surface area contributed by atoms with Crippen LogP contribution in [-0.2, 0) is 19.1 Å². The second-order valence-electron chi connectivity index (χ2n) is 7.63. The molecule has 1 aromatic rings. The zero-order valence-electron chi connectivity index (χ0n) is 15.3. The lowest BCUT2D eigenvalue weighted by Gasteiger charge is -2.36. The lowest BCUT2D eigenvalue weighted by molar-refractivity contribution is -0.156. The summed E-state index contributed by atoms with van der Waals surface area (Å²) in [7, 11) is 1.35. The van der Waals surface area contributed by atoms with Crippen molar-refractivity contribution >= 4 is 17.6 Å². The van der Waals surface area contributed by atoms with Gasteiger partial charge in [0.05, 0.1) is 26.2 Å². The van der Waals surface area contributed by atoms with Crippen LogP contribution in [0.25, 0.3) is 0 Å². The van der Waals surface area contributed by atoms with E-state index >= 15 is 0 Å². The van der Waals surface area contributed by atoms with E-state index in [0.717, 1.165) is 29.8 Å². The molecule has 4 rings (SSSR count). The summed E-state index contributed by atoms with van der Waals surface area (Å²) >= 11 is 0. The number of amides is 1. The van der Waals surface area contributed by atoms with Crippen LogP contribution in [0.3, 0.4) is 0 Å². The maximum absolute atomic E-state index is 12.1. The Hall–Kier alpha value is -2.12. The van der Waals surface area contributed by atoms with Gasteiger partial charge in [-0.3, -0.25) is 9.59 Å². The first-order valence-electron chi connectivity index (χ1n) is 9.51. The quantitative estimate of drug-likeness (QED) is 0.739. The number of nitrogens with one attached hydrogen (secondary N) is 1. The maximum atomic E-state index is 12.1. The van der Waals surface area contributed by atoms with E-state index in [1.165, 1.54) is 7.11 Å². The van der Waals surface area contributed by atoms with Gasteiger partial charge in [0.25, 0.3) is 0 Å². The van der Waals surface area contributed by atoms with Gasteiger partial charge in [0.1, 0.15) is 18.0 Å². The lowest BCUT2D eigenvalue weighted by Crippen LogP contribution is -2.46. The highest BCUT2D eigenvalue weighted by molar-refractivity contribution is 5.91. The van der Waals surface area contributed by atoms with Crippen molar-refractivity contribution in [2.45, 2.75) is 56.3 Å². The Balaban J connectivity index is 1.50. The average Bonchev–Trinajstić information content (AvgIpc) is 3.39. The Kier molecular flexibility index (Phi) is 5.06. The normalized spacial score (nSPS) is 28.7. The molecule has 0 unspecified atom stereocenters. The van der Waals surface area contributed by atoms with E-state index in [4.69, 9.17) is 14.2 Å². The lowest BCUT2D eigenvalue weighted by atomic mass is 9.84. The SMILES string of the molecule is COC(=O)C[C@@H]1C[C@@H]2c3cc(NC(=O)CC4CC4)ccc3O[C@@H]2[C@@H](CO)O1. The number of hydrogen-bond donors (Lipinski definition) is 2. The van der Waals surface area contributed by atoms with Crippen molar-refractivity contribution in [1.29, 1.82) is 0 Å². The van der Waals surface area contributed by atoms with E-state index in [0.29, 0.717) is 18.8 Å². The molecule has 4 atom stereocenters. The van der Waals surface area contributed by atoms with Crippen LogP contribution in [0.15, 0.2) is 18.2 Å². The zero-order chi connectivity index (χ0) is 19.0. The van der Waals surface area contributed by atoms with Crippen molar-refractivity contribution < 1.29 is 28.9 Å². The molecule has 2 heterocycles. The van der Waals surface area contributed by atoms with Crippen LogP contribution in [0.1, 0.15) is 43.6 Å². The molecule has 0 bridgehead atoms. The van der Waals surface area contributed by atoms with Gasteiger partial charge in [-0.2, -0.15) is 0 Å². The van der Waals surface area contributed by atoms with E-state index in [1.807, 2.05) is 18.2 Å². The van der Waals surface area contributed by atoms with Crippen molar-refractivity contribution in [2.24, 2.45) is 5.92 Å². The second-order valence-corrected chi connectivity index (χ2v) is 7.63. The van der Waals surface area contributed by atoms with Crippen molar-refractivity contribution in [1.82, 2.24) is 0 Å². The van der Waals surface area contributed by atoms with Crippen molar-refractivity contribution in [2.75, 3.05) is 19.0 Å². The summed E-state index contributed by atoms with van der Waals surface area (Å²) < 4.78 is 16.6. The summed E-state index contributed by atoms with van der Waals surface area (Å²) in [5.41, 5.74) is 1.74. The molecule has 1 saturated carbocycles. The topological polar surface area (TPSA) is 94.1 Å². The van der Waals surface area contributed by atoms with E-state index in [1.54, 1.807) is 0 Å². The molecule has 0 spiro atoms. The molecule has 7 heteroatoms. The third-order valence-corrected chi connectivity index (χ3v) is 5.58. The van der Waals surface area contributed by atoms with Crippen LogP contribution in [0.5, 0.6) is 5.75 Å². The van der Waals surface area contributed by atoms with Crippen LogP contribution in [0.2, 0.25) is 0 Å². The fraction of sp³-hybridized carbons (Fsp3) is 0.600. The fourth-order valence-electron chi connectivity index (χ4n) is 4.03. The predicted octanol–water partition coefficient (Wildman–Crippen LogP) is 1.98. The number of ether oxygens (including phenoxy) is 3. The van der Waals surface area contributed by atoms with Gasteiger partial charge < -0.3 is 24.6 Å². The van der Waals surface area contributed by atoms with Gasteiger partial charge in [-0.05, 0) is 43.4 Å². The molecule has 7 nitrogen and oxygen atoms in total. The first-order valence-corrected chi connectivity index (χ1v) is 9.51. The number of benzene rings is 1. The number of anilines is 1. The third kappa shape index (κ3) is 3.94. The van der Waals surface area contributed by atoms with Gasteiger partial charge in [-0.1, -0.05) is 0 Å². The molecule has 1 aromatic carbocycles. The average molecular weight is 375 g/mol. The number of fused-ring (bicyclic) bond motifs is 3. The number of carbonyl (C=O) groups is 2. The molecule has 0 radical (unpaired) electrons. The van der Waals surface area contributed by atoms with Crippen LogP contribution in [0.4, 0.5) is 5.69 Å². The molecule has 1 amide bonds. The Labute approximate surface area is 158 Å². The second kappa shape index (κ2) is 7.48. The number of esters is 1. The first-order chi connectivity index (χ1) is 13.1. The van der Waals surface area contributed by atoms with Crippen molar-refractivity contribution in [3.05, 3.63) is 23.8 Å². The molecule has 146 valence electrons. The Bertz CT molecular complexity index is 731. The van der Waals surface area contributed by atoms with Crippen molar-refractivity contribution in [3.8, 4) is 5.75 Å². The molecule has 1 aliphatic carbocycles. The van der Waals surface area contributed by atoms with Crippen LogP contribution >= 0.6 is 0 Å². The fourth-order valence-corrected chi connectivity index (χ4v) is 4.03. The number of rotatable bonds is 6. The highest BCUT2D eigenvalue weighted by Crippen LogP contribution is 2.47. The molecule has 0 aromatic heterocycles. The van der Waals surface area contributed by atoms with Gasteiger partial charge in [0.15, 0.2) is 0 Å². The van der Waals surface area contributed by atoms with Gasteiger partial charge in [0, 0.05) is 23.6 Å². The molecule has 2 aliphatic heterocycles. The summed E-state index contributed by atoms with van der Waals surface area (Å²) in [5.74, 6) is 0.978. The Morgan fingerprint density at radius 1 is 1.30 bits per heavy atom. The summed E-state index contributed by atoms with van der Waals surface area (Å²) in [6.07, 6.45) is 2.46. The predicted molar refractivity (Wildman–Crippen MR) is 96.6 cm³/mol. The summed E-state index contributed by atoms with van der Waals surface area (Å²) in [6, 6.07) is 5.63. The van der Waals surface area contributed by atoms with Gasteiger partial charge in [-0.25, -0.2) is 0 Å². The molecule has 3 aliphatic rings. The number of carbonyl (C=O) groups excluding carboxylic acids is 2. The van der Waals surface area contributed by atoms with Crippen LogP contribution in [-0.4, -0.2) is 49.0 Å². The van der Waals surface area contributed by atoms with Crippen molar-refractivity contribution in [3.63, 3.8) is 0 Å². The number of aliphatic hydroxyl groups is 1. The smallest absolute Gasteiger partial charge is 0.308 e. The maximum Gasteiger partial charge on any atom is 0.308 e. The minimum Gasteiger partial charge on any atom is -0.487 e. The van der Waals surface area contributed by atoms with Gasteiger partial charge in [0.2, 0.25) is 5.91 Å². The third-order valence-electron chi connectivity index (χ3n) is 5.58.